The Morgan fingerprint density at radius 1 is 1.41 bits per heavy atom. The molecule has 2 aliphatic heterocycles. The van der Waals surface area contributed by atoms with Crippen LogP contribution in [0.2, 0.25) is 0 Å². The van der Waals surface area contributed by atoms with Crippen molar-refractivity contribution in [3.8, 4) is 0 Å². The van der Waals surface area contributed by atoms with Crippen molar-refractivity contribution in [1.29, 1.82) is 0 Å². The number of aliphatic carboxylic acids is 1. The first-order chi connectivity index (χ1) is 7.66. The van der Waals surface area contributed by atoms with Crippen molar-refractivity contribution in [3.05, 3.63) is 0 Å². The van der Waals surface area contributed by atoms with Crippen LogP contribution in [-0.4, -0.2) is 40.2 Å². The molecule has 3 atom stereocenters. The average Bonchev–Trinajstić information content (AvgIpc) is 2.72. The second-order valence-corrected chi connectivity index (χ2v) is 5.53. The molecule has 0 radical (unpaired) electrons. The molecule has 2 heterocycles. The molecule has 2 aliphatic rings. The first-order valence-electron chi connectivity index (χ1n) is 5.57. The van der Waals surface area contributed by atoms with E-state index in [1.54, 1.807) is 0 Å². The number of amides is 2. The van der Waals surface area contributed by atoms with Crippen molar-refractivity contribution in [2.24, 2.45) is 0 Å². The Hall–Kier alpha value is -0.287. The van der Waals surface area contributed by atoms with Crippen molar-refractivity contribution in [3.63, 3.8) is 0 Å². The molecule has 2 amide bonds. The van der Waals surface area contributed by atoms with Gasteiger partial charge in [-0.25, -0.2) is 4.79 Å². The van der Waals surface area contributed by atoms with Gasteiger partial charge in [-0.2, -0.15) is 11.8 Å². The zero-order chi connectivity index (χ0) is 11.5. The minimum Gasteiger partial charge on any atom is -0.481 e. The van der Waals surface area contributed by atoms with E-state index < -0.39 is 5.97 Å². The predicted molar refractivity (Wildman–Crippen MR) is 61.6 cm³/mol. The third-order valence-electron chi connectivity index (χ3n) is 3.07. The zero-order valence-corrected chi connectivity index (χ0v) is 11.8. The Kier molecular flexibility index (Phi) is 5.73. The molecule has 0 aromatic heterocycles. The van der Waals surface area contributed by atoms with E-state index in [2.05, 4.69) is 10.6 Å². The Bertz CT molecular complexity index is 303. The summed E-state index contributed by atoms with van der Waals surface area (Å²) in [7, 11) is 0. The normalized spacial score (nSPS) is 30.1. The Morgan fingerprint density at radius 3 is 2.88 bits per heavy atom. The second kappa shape index (κ2) is 6.59. The van der Waals surface area contributed by atoms with Crippen LogP contribution in [0, 0.1) is 0 Å². The summed E-state index contributed by atoms with van der Waals surface area (Å²) in [5.74, 6) is 0.236. The first kappa shape index (κ1) is 14.8. The monoisotopic (exact) mass is 346 g/mol. The maximum atomic E-state index is 11.1. The van der Waals surface area contributed by atoms with Crippen molar-refractivity contribution < 1.29 is 34.2 Å². The van der Waals surface area contributed by atoms with Crippen LogP contribution >= 0.6 is 11.8 Å². The van der Waals surface area contributed by atoms with Gasteiger partial charge in [-0.1, -0.05) is 6.42 Å². The largest absolute Gasteiger partial charge is 0.481 e. The molecule has 5 nitrogen and oxygen atoms in total. The molecular weight excluding hydrogens is 329 g/mol. The summed E-state index contributed by atoms with van der Waals surface area (Å²) in [5.41, 5.74) is 0. The molecule has 7 heteroatoms. The van der Waals surface area contributed by atoms with E-state index in [9.17, 15) is 9.59 Å². The summed E-state index contributed by atoms with van der Waals surface area (Å²) in [6.07, 6.45) is 2.88. The van der Waals surface area contributed by atoms with Gasteiger partial charge in [0.25, 0.3) is 0 Å². The number of urea groups is 1. The summed E-state index contributed by atoms with van der Waals surface area (Å²) in [5, 5.41) is 14.8. The molecule has 0 aliphatic carbocycles. The third kappa shape index (κ3) is 3.85. The van der Waals surface area contributed by atoms with E-state index >= 15 is 0 Å². The van der Waals surface area contributed by atoms with E-state index in [-0.39, 0.29) is 44.0 Å². The number of unbranched alkanes of at least 4 members (excludes halogenated alkanes) is 1. The van der Waals surface area contributed by atoms with E-state index in [1.165, 1.54) is 0 Å². The van der Waals surface area contributed by atoms with Gasteiger partial charge < -0.3 is 15.7 Å². The number of rotatable bonds is 5. The number of carbonyl (C=O) groups is 2. The minimum absolute atomic E-state index is 0. The summed E-state index contributed by atoms with van der Waals surface area (Å²) >= 11 is 1.87. The van der Waals surface area contributed by atoms with Crippen LogP contribution in [0.1, 0.15) is 25.7 Å². The van der Waals surface area contributed by atoms with Gasteiger partial charge in [0.1, 0.15) is 0 Å². The van der Waals surface area contributed by atoms with Crippen LogP contribution in [-0.2, 0) is 24.3 Å². The van der Waals surface area contributed by atoms with Crippen LogP contribution in [0.15, 0.2) is 0 Å². The number of carbonyl (C=O) groups excluding carboxylic acids is 1. The smallest absolute Gasteiger partial charge is 0.315 e. The molecule has 0 aromatic rings. The molecule has 3 N–H and O–H groups in total. The van der Waals surface area contributed by atoms with Gasteiger partial charge in [0, 0.05) is 36.9 Å². The molecule has 0 aromatic carbocycles. The van der Waals surface area contributed by atoms with Crippen LogP contribution < -0.4 is 10.6 Å². The van der Waals surface area contributed by atoms with Crippen LogP contribution in [0.5, 0.6) is 0 Å². The molecule has 98 valence electrons. The van der Waals surface area contributed by atoms with E-state index in [4.69, 9.17) is 5.11 Å². The fraction of sp³-hybridized carbons (Fsp3) is 0.800. The van der Waals surface area contributed by atoms with Crippen LogP contribution in [0.25, 0.3) is 0 Å². The first-order valence-corrected chi connectivity index (χ1v) is 6.62. The standard InChI is InChI=1S/C10H16N2O3S.Ru/c13-8(14)4-2-1-3-7-9-6(5-16-7)11-10(15)12-9;/h6-7,9H,1-5H2,(H,13,14)(H2,11,12,15);/t6-,7-,9-;/m0./s1. The van der Waals surface area contributed by atoms with Crippen LogP contribution in [0.3, 0.4) is 0 Å². The second-order valence-electron chi connectivity index (χ2n) is 4.26. The molecule has 0 unspecified atom stereocenters. The number of hydrogen-bond donors (Lipinski definition) is 3. The SMILES string of the molecule is O=C(O)CCCC[C@@H]1SC[C@@H]2NC(=O)N[C@@H]21.[Ru]. The van der Waals surface area contributed by atoms with Gasteiger partial charge in [0.2, 0.25) is 0 Å². The third-order valence-corrected chi connectivity index (χ3v) is 4.58. The maximum absolute atomic E-state index is 11.1. The summed E-state index contributed by atoms with van der Waals surface area (Å²) < 4.78 is 0. The molecule has 2 rings (SSSR count). The minimum atomic E-state index is -0.729. The Labute approximate surface area is 117 Å². The molecule has 0 spiro atoms. The fourth-order valence-corrected chi connectivity index (χ4v) is 3.81. The van der Waals surface area contributed by atoms with Gasteiger partial charge in [-0.15, -0.1) is 0 Å². The number of thioether (sulfide) groups is 1. The van der Waals surface area contributed by atoms with Crippen molar-refractivity contribution in [1.82, 2.24) is 10.6 Å². The summed E-state index contributed by atoms with van der Waals surface area (Å²) in [6.45, 7) is 0. The van der Waals surface area contributed by atoms with Gasteiger partial charge in [-0.3, -0.25) is 4.79 Å². The number of hydrogen-bond acceptors (Lipinski definition) is 3. The Balaban J connectivity index is 0.00000144. The quantitative estimate of drug-likeness (QED) is 0.391. The molecular formula is C10H16N2O3RuS. The number of nitrogens with one attached hydrogen (secondary N) is 2. The predicted octanol–water partition coefficient (Wildman–Crippen LogP) is 0.794. The fourth-order valence-electron chi connectivity index (χ4n) is 2.26. The van der Waals surface area contributed by atoms with E-state index in [0.717, 1.165) is 25.0 Å². The van der Waals surface area contributed by atoms with Gasteiger partial charge in [0.15, 0.2) is 0 Å². The topological polar surface area (TPSA) is 78.4 Å². The van der Waals surface area contributed by atoms with Crippen molar-refractivity contribution in [2.75, 3.05) is 5.75 Å². The zero-order valence-electron chi connectivity index (χ0n) is 9.29. The van der Waals surface area contributed by atoms with E-state index in [0.29, 0.717) is 5.25 Å². The molecule has 0 bridgehead atoms. The summed E-state index contributed by atoms with van der Waals surface area (Å²) in [4.78, 5) is 21.5. The molecule has 2 fully saturated rings. The molecule has 17 heavy (non-hydrogen) atoms. The van der Waals surface area contributed by atoms with Crippen LogP contribution in [0.4, 0.5) is 4.79 Å². The molecule has 2 saturated heterocycles. The van der Waals surface area contributed by atoms with Crippen molar-refractivity contribution in [2.45, 2.75) is 43.0 Å². The number of fused-ring (bicyclic) bond motifs is 1. The molecule has 0 saturated carbocycles. The van der Waals surface area contributed by atoms with Gasteiger partial charge >= 0.3 is 12.0 Å². The van der Waals surface area contributed by atoms with E-state index in [1.807, 2.05) is 11.8 Å². The van der Waals surface area contributed by atoms with Gasteiger partial charge in [-0.05, 0) is 12.8 Å². The average molecular weight is 345 g/mol. The van der Waals surface area contributed by atoms with Crippen molar-refractivity contribution >= 4 is 23.8 Å². The van der Waals surface area contributed by atoms with Gasteiger partial charge in [0.05, 0.1) is 12.1 Å². The Morgan fingerprint density at radius 2 is 2.18 bits per heavy atom. The number of carboxylic acids is 1. The summed E-state index contributed by atoms with van der Waals surface area (Å²) in [6, 6.07) is 0.440. The number of carboxylic acid groups (broad SMARTS) is 1. The maximum Gasteiger partial charge on any atom is 0.315 e.